The zero-order valence-electron chi connectivity index (χ0n) is 6.97. The molecule has 1 saturated carbocycles. The highest BCUT2D eigenvalue weighted by Gasteiger charge is 2.55. The van der Waals surface area contributed by atoms with E-state index < -0.39 is 10.3 Å². The maximum atomic E-state index is 10.6. The summed E-state index contributed by atoms with van der Waals surface area (Å²) in [6.45, 7) is 0.758. The minimum atomic E-state index is -3.99. The van der Waals surface area contributed by atoms with E-state index in [1.54, 1.807) is 0 Å². The van der Waals surface area contributed by atoms with Crippen molar-refractivity contribution in [1.29, 1.82) is 5.26 Å². The monoisotopic (exact) mass is 202 g/mol. The molecule has 1 aliphatic carbocycles. The molecule has 6 heteroatoms. The van der Waals surface area contributed by atoms with Crippen molar-refractivity contribution in [2.45, 2.75) is 12.8 Å². The topological polar surface area (TPSA) is 81.4 Å². The van der Waals surface area contributed by atoms with Crippen molar-refractivity contribution in [3.8, 4) is 6.07 Å². The van der Waals surface area contributed by atoms with Gasteiger partial charge in [-0.15, -0.1) is 0 Å². The molecule has 0 bridgehead atoms. The van der Waals surface area contributed by atoms with Crippen molar-refractivity contribution in [3.05, 3.63) is 0 Å². The first-order chi connectivity index (χ1) is 5.95. The Hall–Kier alpha value is -0.640. The van der Waals surface area contributed by atoms with Crippen LogP contribution in [0.5, 0.6) is 0 Å². The summed E-state index contributed by atoms with van der Waals surface area (Å²) in [5.41, 5.74) is 0.0101. The summed E-state index contributed by atoms with van der Waals surface area (Å²) in [5.74, 6) is 0.0866. The number of hydrogen-bond acceptors (Lipinski definition) is 3. The molecule has 1 heterocycles. The molecule has 1 N–H and O–H groups in total. The van der Waals surface area contributed by atoms with Gasteiger partial charge in [-0.25, -0.2) is 0 Å². The normalized spacial score (nSPS) is 27.7. The SMILES string of the molecule is N#CC1CC2(C1)CN(S(=O)(=O)O)C2. The summed E-state index contributed by atoms with van der Waals surface area (Å²) in [4.78, 5) is 0. The smallest absolute Gasteiger partial charge is 0.273 e. The van der Waals surface area contributed by atoms with Crippen LogP contribution < -0.4 is 0 Å². The second kappa shape index (κ2) is 2.44. The van der Waals surface area contributed by atoms with Gasteiger partial charge in [-0.2, -0.15) is 18.0 Å². The van der Waals surface area contributed by atoms with Crippen LogP contribution in [0.1, 0.15) is 12.8 Å². The van der Waals surface area contributed by atoms with Crippen molar-refractivity contribution in [2.24, 2.45) is 11.3 Å². The van der Waals surface area contributed by atoms with E-state index in [4.69, 9.17) is 9.81 Å². The molecular formula is C7H10N2O3S. The molecule has 1 spiro atoms. The molecular weight excluding hydrogens is 192 g/mol. The lowest BCUT2D eigenvalue weighted by Crippen LogP contribution is -2.63. The summed E-state index contributed by atoms with van der Waals surface area (Å²) < 4.78 is 30.9. The fraction of sp³-hybridized carbons (Fsp3) is 0.857. The van der Waals surface area contributed by atoms with Crippen molar-refractivity contribution in [3.63, 3.8) is 0 Å². The van der Waals surface area contributed by atoms with Crippen LogP contribution in [0.25, 0.3) is 0 Å². The standard InChI is InChI=1S/C7H10N2O3S/c8-3-6-1-7(2-6)4-9(5-7)13(10,11)12/h6H,1-2,4-5H2,(H,10,11,12). The summed E-state index contributed by atoms with van der Waals surface area (Å²) in [7, 11) is -3.99. The Morgan fingerprint density at radius 3 is 2.38 bits per heavy atom. The molecule has 13 heavy (non-hydrogen) atoms. The lowest BCUT2D eigenvalue weighted by atomic mass is 9.59. The number of hydrogen-bond donors (Lipinski definition) is 1. The van der Waals surface area contributed by atoms with Gasteiger partial charge in [-0.3, -0.25) is 4.55 Å². The van der Waals surface area contributed by atoms with Gasteiger partial charge in [0.15, 0.2) is 0 Å². The van der Waals surface area contributed by atoms with Gasteiger partial charge >= 0.3 is 10.3 Å². The molecule has 2 aliphatic rings. The fourth-order valence-corrected chi connectivity index (χ4v) is 3.07. The van der Waals surface area contributed by atoms with Crippen LogP contribution in [0.2, 0.25) is 0 Å². The van der Waals surface area contributed by atoms with Crippen LogP contribution in [-0.2, 0) is 10.3 Å². The van der Waals surface area contributed by atoms with Crippen LogP contribution >= 0.6 is 0 Å². The van der Waals surface area contributed by atoms with Crippen LogP contribution in [0.3, 0.4) is 0 Å². The van der Waals surface area contributed by atoms with Gasteiger partial charge in [-0.1, -0.05) is 0 Å². The van der Waals surface area contributed by atoms with Crippen LogP contribution in [0.15, 0.2) is 0 Å². The Labute approximate surface area is 76.8 Å². The van der Waals surface area contributed by atoms with Crippen molar-refractivity contribution < 1.29 is 13.0 Å². The maximum absolute atomic E-state index is 10.6. The highest BCUT2D eigenvalue weighted by molar-refractivity contribution is 7.83. The molecule has 0 atom stereocenters. The molecule has 1 saturated heterocycles. The first kappa shape index (κ1) is 8.94. The summed E-state index contributed by atoms with van der Waals surface area (Å²) in [6, 6.07) is 2.15. The van der Waals surface area contributed by atoms with E-state index in [9.17, 15) is 8.42 Å². The molecule has 2 fully saturated rings. The minimum Gasteiger partial charge on any atom is -0.273 e. The predicted octanol–water partition coefficient (Wildman–Crippen LogP) is 0.0248. The average Bonchev–Trinajstić information content (AvgIpc) is 1.78. The van der Waals surface area contributed by atoms with Gasteiger partial charge in [-0.05, 0) is 12.8 Å². The molecule has 2 rings (SSSR count). The van der Waals surface area contributed by atoms with Gasteiger partial charge in [0.05, 0.1) is 6.07 Å². The molecule has 1 aliphatic heterocycles. The third-order valence-electron chi connectivity index (χ3n) is 2.89. The summed E-state index contributed by atoms with van der Waals surface area (Å²) in [5, 5.41) is 8.53. The van der Waals surface area contributed by atoms with E-state index in [1.807, 2.05) is 0 Å². The lowest BCUT2D eigenvalue weighted by Gasteiger charge is -2.55. The number of rotatable bonds is 1. The molecule has 0 aromatic heterocycles. The lowest BCUT2D eigenvalue weighted by molar-refractivity contribution is -0.0378. The van der Waals surface area contributed by atoms with Crippen LogP contribution in [-0.4, -0.2) is 30.4 Å². The van der Waals surface area contributed by atoms with Gasteiger partial charge in [0.25, 0.3) is 0 Å². The van der Waals surface area contributed by atoms with Crippen LogP contribution in [0.4, 0.5) is 0 Å². The minimum absolute atomic E-state index is 0.0101. The van der Waals surface area contributed by atoms with Crippen molar-refractivity contribution in [1.82, 2.24) is 4.31 Å². The van der Waals surface area contributed by atoms with Gasteiger partial charge in [0.2, 0.25) is 0 Å². The van der Waals surface area contributed by atoms with Crippen molar-refractivity contribution in [2.75, 3.05) is 13.1 Å². The third kappa shape index (κ3) is 1.33. The van der Waals surface area contributed by atoms with E-state index in [-0.39, 0.29) is 11.3 Å². The Kier molecular flexibility index (Phi) is 1.68. The van der Waals surface area contributed by atoms with E-state index in [2.05, 4.69) is 6.07 Å². The Morgan fingerprint density at radius 2 is 2.00 bits per heavy atom. The molecule has 0 unspecified atom stereocenters. The third-order valence-corrected chi connectivity index (χ3v) is 3.80. The number of nitriles is 1. The van der Waals surface area contributed by atoms with Gasteiger partial charge in [0, 0.05) is 24.4 Å². The Morgan fingerprint density at radius 1 is 1.46 bits per heavy atom. The quantitative estimate of drug-likeness (QED) is 0.608. The fourth-order valence-electron chi connectivity index (χ4n) is 2.20. The molecule has 0 aromatic rings. The largest absolute Gasteiger partial charge is 0.335 e. The highest BCUT2D eigenvalue weighted by Crippen LogP contribution is 2.52. The van der Waals surface area contributed by atoms with Crippen molar-refractivity contribution >= 4 is 10.3 Å². The molecule has 0 amide bonds. The zero-order chi connectivity index (χ0) is 9.69. The Bertz CT molecular complexity index is 356. The molecule has 0 radical (unpaired) electrons. The van der Waals surface area contributed by atoms with Crippen LogP contribution in [0, 0.1) is 22.7 Å². The van der Waals surface area contributed by atoms with Gasteiger partial charge < -0.3 is 0 Å². The summed E-state index contributed by atoms with van der Waals surface area (Å²) >= 11 is 0. The first-order valence-corrected chi connectivity index (χ1v) is 5.47. The molecule has 0 aromatic carbocycles. The molecule has 5 nitrogen and oxygen atoms in total. The number of nitrogens with zero attached hydrogens (tertiary/aromatic N) is 2. The molecule has 72 valence electrons. The van der Waals surface area contributed by atoms with E-state index in [0.29, 0.717) is 13.1 Å². The zero-order valence-corrected chi connectivity index (χ0v) is 7.79. The highest BCUT2D eigenvalue weighted by atomic mass is 32.2. The second-order valence-electron chi connectivity index (χ2n) is 3.98. The maximum Gasteiger partial charge on any atom is 0.335 e. The average molecular weight is 202 g/mol. The van der Waals surface area contributed by atoms with E-state index >= 15 is 0 Å². The second-order valence-corrected chi connectivity index (χ2v) is 5.39. The Balaban J connectivity index is 1.91. The predicted molar refractivity (Wildman–Crippen MR) is 43.9 cm³/mol. The van der Waals surface area contributed by atoms with E-state index in [1.165, 1.54) is 0 Å². The first-order valence-electron chi connectivity index (χ1n) is 4.07. The van der Waals surface area contributed by atoms with Gasteiger partial charge in [0.1, 0.15) is 0 Å². The van der Waals surface area contributed by atoms with E-state index in [0.717, 1.165) is 17.1 Å². The summed E-state index contributed by atoms with van der Waals surface area (Å²) in [6.07, 6.45) is 1.55.